The minimum absolute atomic E-state index is 0.297. The molecule has 0 bridgehead atoms. The monoisotopic (exact) mass is 197 g/mol. The average molecular weight is 197 g/mol. The van der Waals surface area contributed by atoms with Gasteiger partial charge in [-0.1, -0.05) is 19.8 Å². The summed E-state index contributed by atoms with van der Waals surface area (Å²) in [4.78, 5) is 3.34. The van der Waals surface area contributed by atoms with E-state index in [1.807, 2.05) is 6.92 Å². The fourth-order valence-corrected chi connectivity index (χ4v) is 2.46. The van der Waals surface area contributed by atoms with Crippen LogP contribution in [-0.2, 0) is 0 Å². The lowest BCUT2D eigenvalue weighted by atomic mass is 9.66. The van der Waals surface area contributed by atoms with Gasteiger partial charge in [-0.25, -0.2) is 6.57 Å². The minimum Gasteiger partial charge on any atom is -0.368 e. The van der Waals surface area contributed by atoms with Crippen LogP contribution in [0.5, 0.6) is 0 Å². The van der Waals surface area contributed by atoms with Gasteiger partial charge in [0.1, 0.15) is 0 Å². The molecule has 3 heteroatoms. The van der Waals surface area contributed by atoms with Gasteiger partial charge in [-0.15, -0.1) is 0 Å². The summed E-state index contributed by atoms with van der Waals surface area (Å²) in [5.74, 6) is 0.297. The lowest BCUT2D eigenvalue weighted by Crippen LogP contribution is -2.41. The van der Waals surface area contributed by atoms with Crippen molar-refractivity contribution in [2.24, 2.45) is 11.3 Å². The van der Waals surface area contributed by atoms with Crippen molar-refractivity contribution < 1.29 is 10.2 Å². The quantitative estimate of drug-likeness (QED) is 0.535. The summed E-state index contributed by atoms with van der Waals surface area (Å²) in [7, 11) is 0. The molecule has 0 saturated heterocycles. The topological polar surface area (TPSA) is 44.8 Å². The highest BCUT2D eigenvalue weighted by molar-refractivity contribution is 4.89. The SMILES string of the molecule is [C-]#[N+]CCC1CCCCC1(C)C(O)O. The molecule has 14 heavy (non-hydrogen) atoms. The van der Waals surface area contributed by atoms with E-state index in [0.29, 0.717) is 12.5 Å². The van der Waals surface area contributed by atoms with Crippen molar-refractivity contribution in [3.8, 4) is 0 Å². The van der Waals surface area contributed by atoms with Crippen LogP contribution < -0.4 is 0 Å². The van der Waals surface area contributed by atoms with Crippen LogP contribution >= 0.6 is 0 Å². The van der Waals surface area contributed by atoms with Gasteiger partial charge < -0.3 is 15.1 Å². The molecule has 0 radical (unpaired) electrons. The average Bonchev–Trinajstić information content (AvgIpc) is 2.16. The highest BCUT2D eigenvalue weighted by atomic mass is 16.5. The summed E-state index contributed by atoms with van der Waals surface area (Å²) in [6, 6.07) is 0. The molecular formula is C11H19NO2. The van der Waals surface area contributed by atoms with Crippen LogP contribution in [0, 0.1) is 17.9 Å². The second-order valence-corrected chi connectivity index (χ2v) is 4.49. The van der Waals surface area contributed by atoms with E-state index in [1.54, 1.807) is 0 Å². The molecule has 2 N–H and O–H groups in total. The van der Waals surface area contributed by atoms with E-state index in [4.69, 9.17) is 6.57 Å². The van der Waals surface area contributed by atoms with E-state index in [9.17, 15) is 10.2 Å². The van der Waals surface area contributed by atoms with Gasteiger partial charge in [-0.2, -0.15) is 0 Å². The lowest BCUT2D eigenvalue weighted by molar-refractivity contribution is -0.163. The third-order valence-electron chi connectivity index (χ3n) is 3.63. The fourth-order valence-electron chi connectivity index (χ4n) is 2.46. The number of rotatable bonds is 3. The second-order valence-electron chi connectivity index (χ2n) is 4.49. The molecule has 0 aromatic rings. The smallest absolute Gasteiger partial charge is 0.215 e. The molecule has 0 aromatic carbocycles. The van der Waals surface area contributed by atoms with Gasteiger partial charge in [0.05, 0.1) is 0 Å². The summed E-state index contributed by atoms with van der Waals surface area (Å²) in [5, 5.41) is 18.8. The molecule has 0 amide bonds. The largest absolute Gasteiger partial charge is 0.368 e. The Morgan fingerprint density at radius 1 is 1.50 bits per heavy atom. The van der Waals surface area contributed by atoms with Crippen molar-refractivity contribution in [3.05, 3.63) is 11.4 Å². The second kappa shape index (κ2) is 4.77. The van der Waals surface area contributed by atoms with Crippen LogP contribution in [0.4, 0.5) is 0 Å². The zero-order valence-corrected chi connectivity index (χ0v) is 8.74. The molecule has 0 spiro atoms. The van der Waals surface area contributed by atoms with Crippen molar-refractivity contribution in [2.75, 3.05) is 6.54 Å². The molecule has 0 aromatic heterocycles. The van der Waals surface area contributed by atoms with Crippen LogP contribution in [0.2, 0.25) is 0 Å². The minimum atomic E-state index is -1.24. The molecule has 1 saturated carbocycles. The van der Waals surface area contributed by atoms with Gasteiger partial charge >= 0.3 is 0 Å². The summed E-state index contributed by atoms with van der Waals surface area (Å²) < 4.78 is 0. The normalized spacial score (nSPS) is 32.9. The fraction of sp³-hybridized carbons (Fsp3) is 0.909. The Bertz CT molecular complexity index is 222. The Labute approximate surface area is 85.6 Å². The van der Waals surface area contributed by atoms with Gasteiger partial charge in [-0.3, -0.25) is 0 Å². The molecule has 80 valence electrons. The first kappa shape index (κ1) is 11.5. The first-order valence-corrected chi connectivity index (χ1v) is 5.30. The van der Waals surface area contributed by atoms with E-state index in [1.165, 1.54) is 0 Å². The molecule has 1 fully saturated rings. The molecular weight excluding hydrogens is 178 g/mol. The molecule has 3 nitrogen and oxygen atoms in total. The molecule has 0 aliphatic heterocycles. The number of aliphatic hydroxyl groups is 2. The van der Waals surface area contributed by atoms with Crippen molar-refractivity contribution in [1.82, 2.24) is 0 Å². The number of aliphatic hydroxyl groups excluding tert-OH is 1. The highest BCUT2D eigenvalue weighted by Crippen LogP contribution is 2.44. The van der Waals surface area contributed by atoms with Crippen molar-refractivity contribution in [1.29, 1.82) is 0 Å². The molecule has 2 atom stereocenters. The maximum absolute atomic E-state index is 9.38. The van der Waals surface area contributed by atoms with E-state index in [0.717, 1.165) is 32.1 Å². The molecule has 1 aliphatic carbocycles. The van der Waals surface area contributed by atoms with E-state index < -0.39 is 6.29 Å². The zero-order chi connectivity index (χ0) is 10.6. The number of nitrogens with zero attached hydrogens (tertiary/aromatic N) is 1. The zero-order valence-electron chi connectivity index (χ0n) is 8.74. The standard InChI is InChI=1S/C11H19NO2/c1-11(10(13)14)7-4-3-5-9(11)6-8-12-2/h9-10,13-14H,3-8H2,1H3. The van der Waals surface area contributed by atoms with E-state index in [2.05, 4.69) is 4.85 Å². The third kappa shape index (κ3) is 2.26. The van der Waals surface area contributed by atoms with Gasteiger partial charge in [-0.05, 0) is 18.8 Å². The maximum atomic E-state index is 9.38. The first-order valence-electron chi connectivity index (χ1n) is 5.30. The van der Waals surface area contributed by atoms with Gasteiger partial charge in [0.15, 0.2) is 6.29 Å². The van der Waals surface area contributed by atoms with Crippen LogP contribution in [0.1, 0.15) is 39.0 Å². The third-order valence-corrected chi connectivity index (χ3v) is 3.63. The number of hydrogen-bond acceptors (Lipinski definition) is 2. The summed E-state index contributed by atoms with van der Waals surface area (Å²) in [5.41, 5.74) is -0.386. The summed E-state index contributed by atoms with van der Waals surface area (Å²) in [6.07, 6.45) is 3.70. The maximum Gasteiger partial charge on any atom is 0.215 e. The Kier molecular flexibility index (Phi) is 3.91. The van der Waals surface area contributed by atoms with Crippen LogP contribution in [0.3, 0.4) is 0 Å². The van der Waals surface area contributed by atoms with Crippen molar-refractivity contribution in [2.45, 2.75) is 45.3 Å². The van der Waals surface area contributed by atoms with E-state index >= 15 is 0 Å². The molecule has 2 unspecified atom stereocenters. The predicted molar refractivity (Wildman–Crippen MR) is 54.4 cm³/mol. The predicted octanol–water partition coefficient (Wildman–Crippen LogP) is 1.80. The van der Waals surface area contributed by atoms with Crippen molar-refractivity contribution >= 4 is 0 Å². The van der Waals surface area contributed by atoms with Gasteiger partial charge in [0.2, 0.25) is 6.54 Å². The van der Waals surface area contributed by atoms with Crippen LogP contribution in [0.25, 0.3) is 4.85 Å². The van der Waals surface area contributed by atoms with Crippen LogP contribution in [0.15, 0.2) is 0 Å². The summed E-state index contributed by atoms with van der Waals surface area (Å²) in [6.45, 7) is 9.20. The van der Waals surface area contributed by atoms with Gasteiger partial charge in [0.25, 0.3) is 0 Å². The molecule has 0 heterocycles. The Hall–Kier alpha value is -0.590. The van der Waals surface area contributed by atoms with Gasteiger partial charge in [0, 0.05) is 11.8 Å². The highest BCUT2D eigenvalue weighted by Gasteiger charge is 2.41. The lowest BCUT2D eigenvalue weighted by Gasteiger charge is -2.42. The first-order chi connectivity index (χ1) is 6.61. The number of hydrogen-bond donors (Lipinski definition) is 2. The molecule has 1 aliphatic rings. The van der Waals surface area contributed by atoms with Crippen molar-refractivity contribution in [3.63, 3.8) is 0 Å². The Balaban J connectivity index is 2.64. The van der Waals surface area contributed by atoms with Crippen LogP contribution in [-0.4, -0.2) is 23.0 Å². The Morgan fingerprint density at radius 2 is 2.21 bits per heavy atom. The van der Waals surface area contributed by atoms with E-state index in [-0.39, 0.29) is 5.41 Å². The summed E-state index contributed by atoms with van der Waals surface area (Å²) >= 11 is 0. The molecule has 1 rings (SSSR count). The Morgan fingerprint density at radius 3 is 2.79 bits per heavy atom.